The first-order chi connectivity index (χ1) is 9.94. The van der Waals surface area contributed by atoms with Crippen molar-refractivity contribution < 1.29 is 14.4 Å². The van der Waals surface area contributed by atoms with Gasteiger partial charge in [-0.2, -0.15) is 0 Å². The lowest BCUT2D eigenvalue weighted by Crippen LogP contribution is -2.62. The van der Waals surface area contributed by atoms with Gasteiger partial charge in [-0.1, -0.05) is 12.8 Å². The van der Waals surface area contributed by atoms with Gasteiger partial charge in [0.05, 0.1) is 6.54 Å². The summed E-state index contributed by atoms with van der Waals surface area (Å²) >= 11 is 1.59. The molecule has 1 spiro atoms. The molecule has 0 radical (unpaired) electrons. The average molecular weight is 306 g/mol. The topological polar surface area (TPSA) is 66.5 Å². The van der Waals surface area contributed by atoms with E-state index in [4.69, 9.17) is 0 Å². The Balaban J connectivity index is 1.88. The third-order valence-electron chi connectivity index (χ3n) is 4.54. The number of rotatable bonds is 2. The van der Waals surface area contributed by atoms with Gasteiger partial charge in [0.25, 0.3) is 0 Å². The molecule has 2 aliphatic rings. The van der Waals surface area contributed by atoms with Gasteiger partial charge in [-0.25, -0.2) is 4.79 Å². The van der Waals surface area contributed by atoms with Crippen LogP contribution in [0.4, 0.5) is 4.79 Å². The van der Waals surface area contributed by atoms with E-state index in [1.54, 1.807) is 11.3 Å². The Morgan fingerprint density at radius 2 is 1.90 bits per heavy atom. The van der Waals surface area contributed by atoms with Gasteiger partial charge in [0.1, 0.15) is 5.41 Å². The number of imide groups is 2. The summed E-state index contributed by atoms with van der Waals surface area (Å²) in [5.41, 5.74) is 0.154. The van der Waals surface area contributed by atoms with E-state index >= 15 is 0 Å². The minimum absolute atomic E-state index is 0.249. The van der Waals surface area contributed by atoms with E-state index in [9.17, 15) is 14.4 Å². The summed E-state index contributed by atoms with van der Waals surface area (Å²) < 4.78 is 0. The SMILES string of the molecule is Cc1cc(CN2C(=O)NC(=O)C3(CCCC3)C2=O)sc1C. The van der Waals surface area contributed by atoms with Crippen LogP contribution in [-0.2, 0) is 16.1 Å². The predicted molar refractivity (Wildman–Crippen MR) is 78.8 cm³/mol. The molecule has 2 fully saturated rings. The highest BCUT2D eigenvalue weighted by Gasteiger charge is 2.54. The Hall–Kier alpha value is -1.69. The molecule has 21 heavy (non-hydrogen) atoms. The van der Waals surface area contributed by atoms with Gasteiger partial charge >= 0.3 is 6.03 Å². The van der Waals surface area contributed by atoms with Crippen molar-refractivity contribution in [2.24, 2.45) is 5.41 Å². The highest BCUT2D eigenvalue weighted by molar-refractivity contribution is 7.12. The summed E-state index contributed by atoms with van der Waals surface area (Å²) in [4.78, 5) is 40.2. The zero-order valence-electron chi connectivity index (χ0n) is 12.2. The normalized spacial score (nSPS) is 21.2. The van der Waals surface area contributed by atoms with Crippen LogP contribution in [0.1, 0.15) is 41.0 Å². The largest absolute Gasteiger partial charge is 0.331 e. The number of carbonyl (C=O) groups excluding carboxylic acids is 3. The van der Waals surface area contributed by atoms with Crippen LogP contribution in [0.2, 0.25) is 0 Å². The number of barbiturate groups is 1. The molecule has 0 atom stereocenters. The lowest BCUT2D eigenvalue weighted by Gasteiger charge is -2.36. The second-order valence-corrected chi connectivity index (χ2v) is 7.23. The maximum absolute atomic E-state index is 12.7. The zero-order chi connectivity index (χ0) is 15.2. The molecule has 6 heteroatoms. The maximum Gasteiger partial charge on any atom is 0.331 e. The Bertz CT molecular complexity index is 609. The van der Waals surface area contributed by atoms with E-state index in [-0.39, 0.29) is 12.5 Å². The van der Waals surface area contributed by atoms with Crippen molar-refractivity contribution in [3.63, 3.8) is 0 Å². The fourth-order valence-corrected chi connectivity index (χ4v) is 4.22. The summed E-state index contributed by atoms with van der Waals surface area (Å²) in [6.07, 6.45) is 2.81. The number of nitrogens with one attached hydrogen (secondary N) is 1. The van der Waals surface area contributed by atoms with Crippen LogP contribution in [0.15, 0.2) is 6.07 Å². The Kier molecular flexibility index (Phi) is 3.36. The third kappa shape index (κ3) is 2.18. The van der Waals surface area contributed by atoms with Crippen molar-refractivity contribution in [2.45, 2.75) is 46.1 Å². The average Bonchev–Trinajstić information content (AvgIpc) is 3.02. The molecule has 3 rings (SSSR count). The standard InChI is InChI=1S/C15H18N2O3S/c1-9-7-11(21-10(9)2)8-17-13(19)15(5-3-4-6-15)12(18)16-14(17)20/h7H,3-6,8H2,1-2H3,(H,16,18,20). The summed E-state index contributed by atoms with van der Waals surface area (Å²) in [6.45, 7) is 4.28. The van der Waals surface area contributed by atoms with E-state index in [2.05, 4.69) is 5.32 Å². The molecule has 0 unspecified atom stereocenters. The van der Waals surface area contributed by atoms with Gasteiger partial charge in [0, 0.05) is 9.75 Å². The number of hydrogen-bond acceptors (Lipinski definition) is 4. The smallest absolute Gasteiger partial charge is 0.277 e. The minimum atomic E-state index is -1.00. The van der Waals surface area contributed by atoms with Gasteiger partial charge in [0.15, 0.2) is 0 Å². The van der Waals surface area contributed by atoms with Crippen LogP contribution < -0.4 is 5.32 Å². The summed E-state index contributed by atoms with van der Waals surface area (Å²) in [6, 6.07) is 1.41. The summed E-state index contributed by atoms with van der Waals surface area (Å²) in [5.74, 6) is -0.734. The van der Waals surface area contributed by atoms with Gasteiger partial charge < -0.3 is 0 Å². The second kappa shape index (κ2) is 4.94. The predicted octanol–water partition coefficient (Wildman–Crippen LogP) is 2.50. The summed E-state index contributed by atoms with van der Waals surface area (Å²) in [7, 11) is 0. The second-order valence-electron chi connectivity index (χ2n) is 5.89. The van der Waals surface area contributed by atoms with E-state index in [0.29, 0.717) is 12.8 Å². The molecule has 1 aliphatic heterocycles. The zero-order valence-corrected chi connectivity index (χ0v) is 13.0. The van der Waals surface area contributed by atoms with E-state index in [0.717, 1.165) is 23.3 Å². The van der Waals surface area contributed by atoms with Gasteiger partial charge in [-0.15, -0.1) is 11.3 Å². The maximum atomic E-state index is 12.7. The fourth-order valence-electron chi connectivity index (χ4n) is 3.18. The number of nitrogens with zero attached hydrogens (tertiary/aromatic N) is 1. The lowest BCUT2D eigenvalue weighted by atomic mass is 9.82. The highest BCUT2D eigenvalue weighted by Crippen LogP contribution is 2.42. The minimum Gasteiger partial charge on any atom is -0.277 e. The molecule has 1 aliphatic carbocycles. The quantitative estimate of drug-likeness (QED) is 0.854. The molecule has 4 amide bonds. The van der Waals surface area contributed by atoms with Crippen molar-refractivity contribution in [1.29, 1.82) is 0 Å². The first-order valence-electron chi connectivity index (χ1n) is 7.17. The third-order valence-corrected chi connectivity index (χ3v) is 5.68. The van der Waals surface area contributed by atoms with Gasteiger partial charge in [-0.3, -0.25) is 19.8 Å². The molecule has 1 saturated carbocycles. The molecular weight excluding hydrogens is 288 g/mol. The van der Waals surface area contributed by atoms with E-state index in [1.807, 2.05) is 19.9 Å². The number of aryl methyl sites for hydroxylation is 2. The Labute approximate surface area is 127 Å². The van der Waals surface area contributed by atoms with E-state index < -0.39 is 17.4 Å². The van der Waals surface area contributed by atoms with Gasteiger partial charge in [0.2, 0.25) is 11.8 Å². The molecule has 0 bridgehead atoms. The Morgan fingerprint density at radius 3 is 2.48 bits per heavy atom. The number of urea groups is 1. The number of thiophene rings is 1. The van der Waals surface area contributed by atoms with Crippen molar-refractivity contribution in [1.82, 2.24) is 10.2 Å². The van der Waals surface area contributed by atoms with Crippen LogP contribution in [0, 0.1) is 19.3 Å². The van der Waals surface area contributed by atoms with Crippen LogP contribution in [-0.4, -0.2) is 22.7 Å². The van der Waals surface area contributed by atoms with Crippen LogP contribution in [0.25, 0.3) is 0 Å². The van der Waals surface area contributed by atoms with Crippen molar-refractivity contribution in [2.75, 3.05) is 0 Å². The molecule has 1 aromatic rings. The molecule has 1 saturated heterocycles. The first kappa shape index (κ1) is 14.3. The Morgan fingerprint density at radius 1 is 1.24 bits per heavy atom. The molecule has 2 heterocycles. The number of carbonyl (C=O) groups is 3. The highest BCUT2D eigenvalue weighted by atomic mass is 32.1. The van der Waals surface area contributed by atoms with Crippen LogP contribution in [0.3, 0.4) is 0 Å². The number of hydrogen-bond donors (Lipinski definition) is 1. The molecule has 1 aromatic heterocycles. The molecule has 112 valence electrons. The van der Waals surface area contributed by atoms with Crippen molar-refractivity contribution in [3.8, 4) is 0 Å². The molecule has 1 N–H and O–H groups in total. The van der Waals surface area contributed by atoms with Gasteiger partial charge in [-0.05, 0) is 38.3 Å². The fraction of sp³-hybridized carbons (Fsp3) is 0.533. The van der Waals surface area contributed by atoms with Crippen LogP contribution >= 0.6 is 11.3 Å². The molecule has 0 aromatic carbocycles. The first-order valence-corrected chi connectivity index (χ1v) is 7.99. The van der Waals surface area contributed by atoms with Crippen LogP contribution in [0.5, 0.6) is 0 Å². The van der Waals surface area contributed by atoms with Crippen molar-refractivity contribution >= 4 is 29.2 Å². The van der Waals surface area contributed by atoms with Crippen molar-refractivity contribution in [3.05, 3.63) is 21.4 Å². The summed E-state index contributed by atoms with van der Waals surface area (Å²) in [5, 5.41) is 2.37. The lowest BCUT2D eigenvalue weighted by molar-refractivity contribution is -0.151. The molecule has 5 nitrogen and oxygen atoms in total. The monoisotopic (exact) mass is 306 g/mol. The number of amides is 4. The van der Waals surface area contributed by atoms with E-state index in [1.165, 1.54) is 9.78 Å². The molecular formula is C15H18N2O3S.